The van der Waals surface area contributed by atoms with Crippen molar-refractivity contribution in [1.82, 2.24) is 0 Å². The highest BCUT2D eigenvalue weighted by atomic mass is 31.2. The molecule has 1 aliphatic heterocycles. The van der Waals surface area contributed by atoms with Gasteiger partial charge in [0.05, 0.1) is 0 Å². The lowest BCUT2D eigenvalue weighted by Crippen LogP contribution is -1.97. The van der Waals surface area contributed by atoms with Crippen LogP contribution >= 0.6 is 8.53 Å². The van der Waals surface area contributed by atoms with Crippen LogP contribution in [0.2, 0.25) is 0 Å². The normalized spacial score (nSPS) is 13.7. The van der Waals surface area contributed by atoms with E-state index in [1.807, 2.05) is 36.4 Å². The molecule has 2 aromatic rings. The molecule has 0 unspecified atom stereocenters. The van der Waals surface area contributed by atoms with Gasteiger partial charge in [-0.3, -0.25) is 5.09 Å². The van der Waals surface area contributed by atoms with E-state index in [9.17, 15) is 0 Å². The van der Waals surface area contributed by atoms with Crippen molar-refractivity contribution in [3.8, 4) is 11.5 Å². The van der Waals surface area contributed by atoms with Crippen LogP contribution in [0.1, 0.15) is 5.56 Å². The second-order valence-corrected chi connectivity index (χ2v) is 4.97. The maximum atomic E-state index is 5.67. The molecule has 0 fully saturated rings. The fraction of sp³-hybridized carbons (Fsp3) is 0.0769. The van der Waals surface area contributed by atoms with Gasteiger partial charge in [0, 0.05) is 5.69 Å². The van der Waals surface area contributed by atoms with Crippen LogP contribution in [0, 0.1) is 6.92 Å². The van der Waals surface area contributed by atoms with Crippen LogP contribution in [0.4, 0.5) is 5.69 Å². The molecule has 0 atom stereocenters. The highest BCUT2D eigenvalue weighted by Gasteiger charge is 2.25. The Morgan fingerprint density at radius 3 is 2.06 bits per heavy atom. The van der Waals surface area contributed by atoms with E-state index in [-0.39, 0.29) is 0 Å². The summed E-state index contributed by atoms with van der Waals surface area (Å²) in [4.78, 5) is 0. The largest absolute Gasteiger partial charge is 0.419 e. The lowest BCUT2D eigenvalue weighted by atomic mass is 10.2. The Bertz CT molecular complexity index is 502. The molecule has 1 heterocycles. The van der Waals surface area contributed by atoms with Crippen molar-refractivity contribution in [2.45, 2.75) is 6.92 Å². The van der Waals surface area contributed by atoms with E-state index in [1.165, 1.54) is 5.56 Å². The van der Waals surface area contributed by atoms with E-state index in [0.717, 1.165) is 17.2 Å². The first-order chi connectivity index (χ1) is 8.31. The summed E-state index contributed by atoms with van der Waals surface area (Å²) in [6, 6.07) is 15.9. The van der Waals surface area contributed by atoms with Crippen molar-refractivity contribution in [2.24, 2.45) is 0 Å². The van der Waals surface area contributed by atoms with Gasteiger partial charge in [0.25, 0.3) is 0 Å². The molecule has 0 amide bonds. The molecular formula is C13H12NO2P. The molecule has 2 aromatic carbocycles. The van der Waals surface area contributed by atoms with Gasteiger partial charge in [-0.25, -0.2) is 0 Å². The molecule has 3 nitrogen and oxygen atoms in total. The molecular weight excluding hydrogens is 233 g/mol. The lowest BCUT2D eigenvalue weighted by molar-refractivity contribution is 0.581. The van der Waals surface area contributed by atoms with Crippen LogP contribution in [0.5, 0.6) is 11.5 Å². The predicted molar refractivity (Wildman–Crippen MR) is 69.4 cm³/mol. The average molecular weight is 245 g/mol. The molecule has 1 aliphatic rings. The van der Waals surface area contributed by atoms with E-state index >= 15 is 0 Å². The molecule has 0 aromatic heterocycles. The van der Waals surface area contributed by atoms with Crippen LogP contribution in [0.25, 0.3) is 0 Å². The molecule has 4 heteroatoms. The van der Waals surface area contributed by atoms with E-state index in [2.05, 4.69) is 24.1 Å². The van der Waals surface area contributed by atoms with Gasteiger partial charge in [0.1, 0.15) is 0 Å². The van der Waals surface area contributed by atoms with Gasteiger partial charge in [-0.1, -0.05) is 29.8 Å². The van der Waals surface area contributed by atoms with Gasteiger partial charge in [-0.05, 0) is 31.2 Å². The maximum absolute atomic E-state index is 5.67. The van der Waals surface area contributed by atoms with Gasteiger partial charge in [0.2, 0.25) is 0 Å². The summed E-state index contributed by atoms with van der Waals surface area (Å²) < 4.78 is 11.3. The Morgan fingerprint density at radius 1 is 0.882 bits per heavy atom. The molecule has 0 saturated heterocycles. The van der Waals surface area contributed by atoms with Crippen molar-refractivity contribution < 1.29 is 9.05 Å². The minimum atomic E-state index is -1.11. The molecule has 17 heavy (non-hydrogen) atoms. The monoisotopic (exact) mass is 245 g/mol. The standard InChI is InChI=1S/C13H12NO2P/c1-10-6-8-11(9-7-10)14-17-15-12-4-2-3-5-13(12)16-17/h2-9,14H,1H3. The number of fused-ring (bicyclic) bond motifs is 1. The number of benzene rings is 2. The van der Waals surface area contributed by atoms with Gasteiger partial charge in [-0.15, -0.1) is 0 Å². The van der Waals surface area contributed by atoms with Gasteiger partial charge < -0.3 is 9.05 Å². The Morgan fingerprint density at radius 2 is 1.47 bits per heavy atom. The van der Waals surface area contributed by atoms with Crippen LogP contribution < -0.4 is 14.1 Å². The second kappa shape index (κ2) is 4.27. The molecule has 1 N–H and O–H groups in total. The smallest absolute Gasteiger partial charge is 0.414 e. The summed E-state index contributed by atoms with van der Waals surface area (Å²) in [6.45, 7) is 2.06. The van der Waals surface area contributed by atoms with Crippen LogP contribution in [-0.2, 0) is 0 Å². The molecule has 0 spiro atoms. The number of aryl methyl sites for hydroxylation is 1. The Hall–Kier alpha value is -1.73. The molecule has 0 bridgehead atoms. The molecule has 0 radical (unpaired) electrons. The minimum Gasteiger partial charge on any atom is -0.419 e. The van der Waals surface area contributed by atoms with Crippen LogP contribution in [0.15, 0.2) is 48.5 Å². The number of rotatable bonds is 2. The maximum Gasteiger partial charge on any atom is 0.414 e. The van der Waals surface area contributed by atoms with Crippen molar-refractivity contribution >= 4 is 14.2 Å². The fourth-order valence-corrected chi connectivity index (χ4v) is 2.72. The summed E-state index contributed by atoms with van der Waals surface area (Å²) >= 11 is 0. The zero-order valence-corrected chi connectivity index (χ0v) is 10.3. The summed E-state index contributed by atoms with van der Waals surface area (Å²) in [6.07, 6.45) is 0. The summed E-state index contributed by atoms with van der Waals surface area (Å²) in [5.41, 5.74) is 2.24. The second-order valence-electron chi connectivity index (χ2n) is 3.86. The lowest BCUT2D eigenvalue weighted by Gasteiger charge is -2.10. The van der Waals surface area contributed by atoms with Gasteiger partial charge in [0.15, 0.2) is 11.5 Å². The zero-order valence-electron chi connectivity index (χ0n) is 9.38. The number of para-hydroxylation sites is 2. The highest BCUT2D eigenvalue weighted by molar-refractivity contribution is 7.50. The summed E-state index contributed by atoms with van der Waals surface area (Å²) in [7, 11) is -1.11. The van der Waals surface area contributed by atoms with Crippen molar-refractivity contribution in [1.29, 1.82) is 0 Å². The number of hydrogen-bond donors (Lipinski definition) is 1. The molecule has 3 rings (SSSR count). The van der Waals surface area contributed by atoms with Crippen LogP contribution in [-0.4, -0.2) is 0 Å². The summed E-state index contributed by atoms with van der Waals surface area (Å²) in [5, 5.41) is 3.24. The quantitative estimate of drug-likeness (QED) is 0.808. The predicted octanol–water partition coefficient (Wildman–Crippen LogP) is 4.11. The van der Waals surface area contributed by atoms with Crippen molar-refractivity contribution in [3.63, 3.8) is 0 Å². The third kappa shape index (κ3) is 2.20. The third-order valence-corrected chi connectivity index (χ3v) is 3.65. The fourth-order valence-electron chi connectivity index (χ4n) is 1.58. The zero-order chi connectivity index (χ0) is 11.7. The van der Waals surface area contributed by atoms with E-state index in [0.29, 0.717) is 0 Å². The first kappa shape index (κ1) is 10.4. The summed E-state index contributed by atoms with van der Waals surface area (Å²) in [5.74, 6) is 1.61. The number of nitrogens with one attached hydrogen (secondary N) is 1. The number of anilines is 1. The van der Waals surface area contributed by atoms with Gasteiger partial charge >= 0.3 is 8.53 Å². The number of hydrogen-bond acceptors (Lipinski definition) is 3. The van der Waals surface area contributed by atoms with E-state index in [4.69, 9.17) is 9.05 Å². The Balaban J connectivity index is 1.71. The third-order valence-electron chi connectivity index (χ3n) is 2.48. The molecule has 0 aliphatic carbocycles. The molecule has 86 valence electrons. The van der Waals surface area contributed by atoms with E-state index < -0.39 is 8.53 Å². The van der Waals surface area contributed by atoms with Crippen molar-refractivity contribution in [3.05, 3.63) is 54.1 Å². The van der Waals surface area contributed by atoms with Gasteiger partial charge in [-0.2, -0.15) is 0 Å². The Kier molecular flexibility index (Phi) is 2.62. The molecule has 0 saturated carbocycles. The first-order valence-corrected chi connectivity index (χ1v) is 6.57. The first-order valence-electron chi connectivity index (χ1n) is 5.40. The van der Waals surface area contributed by atoms with E-state index in [1.54, 1.807) is 0 Å². The van der Waals surface area contributed by atoms with Crippen molar-refractivity contribution in [2.75, 3.05) is 5.09 Å². The SMILES string of the molecule is Cc1ccc(NP2Oc3ccccc3O2)cc1. The minimum absolute atomic E-state index is 0.804. The topological polar surface area (TPSA) is 30.5 Å². The van der Waals surface area contributed by atoms with Crippen LogP contribution in [0.3, 0.4) is 0 Å². The highest BCUT2D eigenvalue weighted by Crippen LogP contribution is 2.51. The Labute approximate surface area is 101 Å². The average Bonchev–Trinajstić information content (AvgIpc) is 2.74.